The summed E-state index contributed by atoms with van der Waals surface area (Å²) in [5.74, 6) is 0. The van der Waals surface area contributed by atoms with E-state index in [1.807, 2.05) is 0 Å². The molecule has 1 atom stereocenters. The predicted octanol–water partition coefficient (Wildman–Crippen LogP) is 2.72. The van der Waals surface area contributed by atoms with Crippen LogP contribution in [0.1, 0.15) is 20.8 Å². The van der Waals surface area contributed by atoms with Crippen LogP contribution in [0.15, 0.2) is 11.6 Å². The normalized spacial score (nSPS) is 33.0. The lowest BCUT2D eigenvalue weighted by molar-refractivity contribution is 0.573. The molecule has 0 fully saturated rings. The molecule has 0 aromatic carbocycles. The van der Waals surface area contributed by atoms with Gasteiger partial charge in [0.15, 0.2) is 0 Å². The lowest BCUT2D eigenvalue weighted by Gasteiger charge is -2.15. The largest absolute Gasteiger partial charge is 0.323 e. The highest BCUT2D eigenvalue weighted by atomic mass is 31.2. The Labute approximate surface area is 62.9 Å². The first kappa shape index (κ1) is 8.07. The van der Waals surface area contributed by atoms with Gasteiger partial charge in [-0.15, -0.1) is 0 Å². The molecule has 0 N–H and O–H groups in total. The third-order valence-electron chi connectivity index (χ3n) is 2.21. The van der Waals surface area contributed by atoms with E-state index in [1.54, 1.807) is 0 Å². The molecule has 58 valence electrons. The average molecular weight is 158 g/mol. The highest BCUT2D eigenvalue weighted by Gasteiger charge is 2.29. The molecule has 2 heteroatoms. The molecule has 0 aromatic rings. The SMILES string of the molecule is CC1=CC[P@](=O)(C(C)C)C1. The summed E-state index contributed by atoms with van der Waals surface area (Å²) in [6.45, 7) is 6.20. The third kappa shape index (κ3) is 1.34. The zero-order valence-corrected chi connectivity index (χ0v) is 7.82. The summed E-state index contributed by atoms with van der Waals surface area (Å²) in [5.41, 5.74) is 1.69. The first-order valence-corrected chi connectivity index (χ1v) is 5.92. The van der Waals surface area contributed by atoms with Crippen molar-refractivity contribution in [1.82, 2.24) is 0 Å². The van der Waals surface area contributed by atoms with Crippen molar-refractivity contribution in [1.29, 1.82) is 0 Å². The molecule has 1 heterocycles. The van der Waals surface area contributed by atoms with E-state index in [1.165, 1.54) is 5.57 Å². The predicted molar refractivity (Wildman–Crippen MR) is 46.2 cm³/mol. The molecule has 1 aliphatic rings. The molecule has 1 rings (SSSR count). The Balaban J connectivity index is 2.71. The number of hydrogen-bond acceptors (Lipinski definition) is 1. The minimum atomic E-state index is -1.79. The molecule has 0 aliphatic carbocycles. The van der Waals surface area contributed by atoms with Gasteiger partial charge in [0.1, 0.15) is 0 Å². The monoisotopic (exact) mass is 158 g/mol. The summed E-state index contributed by atoms with van der Waals surface area (Å²) >= 11 is 0. The van der Waals surface area contributed by atoms with Crippen LogP contribution in [-0.4, -0.2) is 18.0 Å². The van der Waals surface area contributed by atoms with Gasteiger partial charge in [-0.3, -0.25) is 0 Å². The molecule has 1 aliphatic heterocycles. The van der Waals surface area contributed by atoms with Crippen molar-refractivity contribution in [3.63, 3.8) is 0 Å². The summed E-state index contributed by atoms with van der Waals surface area (Å²) in [5, 5.41) is 0. The summed E-state index contributed by atoms with van der Waals surface area (Å²) in [6, 6.07) is 0. The molecular formula is C8H15OP. The standard InChI is InChI=1S/C8H15OP/c1-7(2)10(9)5-4-8(3)6-10/h4,7H,5-6H2,1-3H3/t10-/m1/s1. The van der Waals surface area contributed by atoms with Gasteiger partial charge in [0, 0.05) is 18.0 Å². The van der Waals surface area contributed by atoms with Crippen LogP contribution in [0, 0.1) is 0 Å². The first-order valence-electron chi connectivity index (χ1n) is 3.78. The van der Waals surface area contributed by atoms with E-state index < -0.39 is 7.14 Å². The molecule has 0 aromatic heterocycles. The average Bonchev–Trinajstić information content (AvgIpc) is 2.13. The smallest absolute Gasteiger partial charge is 0.0975 e. The van der Waals surface area contributed by atoms with E-state index in [0.29, 0.717) is 5.66 Å². The highest BCUT2D eigenvalue weighted by Crippen LogP contribution is 2.55. The van der Waals surface area contributed by atoms with E-state index in [-0.39, 0.29) is 0 Å². The van der Waals surface area contributed by atoms with Crippen LogP contribution in [0.4, 0.5) is 0 Å². The summed E-state index contributed by atoms with van der Waals surface area (Å²) in [7, 11) is -1.79. The quantitative estimate of drug-likeness (QED) is 0.423. The van der Waals surface area contributed by atoms with Gasteiger partial charge in [0.25, 0.3) is 0 Å². The van der Waals surface area contributed by atoms with Crippen LogP contribution in [0.5, 0.6) is 0 Å². The van der Waals surface area contributed by atoms with Gasteiger partial charge in [-0.1, -0.05) is 25.5 Å². The van der Waals surface area contributed by atoms with Crippen LogP contribution in [0.2, 0.25) is 0 Å². The van der Waals surface area contributed by atoms with Gasteiger partial charge in [0.2, 0.25) is 0 Å². The lowest BCUT2D eigenvalue weighted by atomic mass is 10.3. The molecule has 0 radical (unpaired) electrons. The van der Waals surface area contributed by atoms with Crippen LogP contribution in [0.25, 0.3) is 0 Å². The maximum Gasteiger partial charge on any atom is 0.0975 e. The fourth-order valence-corrected chi connectivity index (χ4v) is 3.77. The lowest BCUT2D eigenvalue weighted by Crippen LogP contribution is -2.00. The minimum absolute atomic E-state index is 0.376. The number of hydrogen-bond donors (Lipinski definition) is 0. The summed E-state index contributed by atoms with van der Waals surface area (Å²) < 4.78 is 11.9. The van der Waals surface area contributed by atoms with E-state index >= 15 is 0 Å². The molecule has 0 unspecified atom stereocenters. The van der Waals surface area contributed by atoms with Crippen molar-refractivity contribution in [2.45, 2.75) is 26.4 Å². The van der Waals surface area contributed by atoms with Crippen LogP contribution < -0.4 is 0 Å². The first-order chi connectivity index (χ1) is 4.54. The number of rotatable bonds is 1. The molecular weight excluding hydrogens is 143 g/mol. The molecule has 0 bridgehead atoms. The van der Waals surface area contributed by atoms with E-state index in [0.717, 1.165) is 12.3 Å². The van der Waals surface area contributed by atoms with Crippen LogP contribution >= 0.6 is 7.14 Å². The van der Waals surface area contributed by atoms with Crippen molar-refractivity contribution < 1.29 is 4.57 Å². The summed E-state index contributed by atoms with van der Waals surface area (Å²) in [4.78, 5) is 0. The zero-order valence-electron chi connectivity index (χ0n) is 6.92. The van der Waals surface area contributed by atoms with Gasteiger partial charge < -0.3 is 4.57 Å². The van der Waals surface area contributed by atoms with Crippen LogP contribution in [0.3, 0.4) is 0 Å². The second-order valence-electron chi connectivity index (χ2n) is 3.44. The third-order valence-corrected chi connectivity index (χ3v) is 5.92. The zero-order chi connectivity index (χ0) is 7.78. The Bertz CT molecular complexity index is 203. The minimum Gasteiger partial charge on any atom is -0.323 e. The molecule has 10 heavy (non-hydrogen) atoms. The Morgan fingerprint density at radius 2 is 2.20 bits per heavy atom. The topological polar surface area (TPSA) is 17.1 Å². The van der Waals surface area contributed by atoms with Gasteiger partial charge in [-0.25, -0.2) is 0 Å². The Kier molecular flexibility index (Phi) is 2.05. The molecule has 0 amide bonds. The van der Waals surface area contributed by atoms with Gasteiger partial charge in [0.05, 0.1) is 7.14 Å². The maximum atomic E-state index is 11.9. The van der Waals surface area contributed by atoms with Crippen LogP contribution in [-0.2, 0) is 4.57 Å². The Hall–Kier alpha value is -0.0300. The van der Waals surface area contributed by atoms with E-state index in [2.05, 4.69) is 26.8 Å². The van der Waals surface area contributed by atoms with E-state index in [4.69, 9.17) is 0 Å². The van der Waals surface area contributed by atoms with Crippen molar-refractivity contribution in [2.75, 3.05) is 12.3 Å². The van der Waals surface area contributed by atoms with Gasteiger partial charge >= 0.3 is 0 Å². The Morgan fingerprint density at radius 3 is 2.40 bits per heavy atom. The fraction of sp³-hybridized carbons (Fsp3) is 0.750. The van der Waals surface area contributed by atoms with Crippen molar-refractivity contribution in [2.24, 2.45) is 0 Å². The van der Waals surface area contributed by atoms with Crippen molar-refractivity contribution >= 4 is 7.14 Å². The molecule has 0 saturated heterocycles. The molecule has 0 saturated carbocycles. The molecule has 1 nitrogen and oxygen atoms in total. The maximum absolute atomic E-state index is 11.9. The Morgan fingerprint density at radius 1 is 1.60 bits per heavy atom. The fourth-order valence-electron chi connectivity index (χ4n) is 1.26. The molecule has 0 spiro atoms. The number of allylic oxidation sites excluding steroid dienone is 2. The highest BCUT2D eigenvalue weighted by molar-refractivity contribution is 7.65. The van der Waals surface area contributed by atoms with E-state index in [9.17, 15) is 4.57 Å². The van der Waals surface area contributed by atoms with Gasteiger partial charge in [-0.05, 0) is 6.92 Å². The second kappa shape index (κ2) is 2.54. The summed E-state index contributed by atoms with van der Waals surface area (Å²) in [6.07, 6.45) is 3.84. The second-order valence-corrected chi connectivity index (χ2v) is 7.06. The van der Waals surface area contributed by atoms with Gasteiger partial charge in [-0.2, -0.15) is 0 Å². The van der Waals surface area contributed by atoms with Crippen molar-refractivity contribution in [3.05, 3.63) is 11.6 Å². The van der Waals surface area contributed by atoms with Crippen molar-refractivity contribution in [3.8, 4) is 0 Å².